The van der Waals surface area contributed by atoms with Crippen molar-refractivity contribution in [2.75, 3.05) is 13.1 Å². The molecule has 3 nitrogen and oxygen atoms in total. The Kier molecular flexibility index (Phi) is 4.36. The van der Waals surface area contributed by atoms with Crippen molar-refractivity contribution in [1.82, 2.24) is 10.2 Å². The Morgan fingerprint density at radius 1 is 1.15 bits per heavy atom. The highest BCUT2D eigenvalue weighted by molar-refractivity contribution is 5.79. The minimum absolute atomic E-state index is 0.294. The van der Waals surface area contributed by atoms with Crippen molar-refractivity contribution < 1.29 is 4.79 Å². The Morgan fingerprint density at radius 3 is 2.65 bits per heavy atom. The standard InChI is InChI=1S/C17H24N2O/c20-17(15-8-4-9-15)18-16-10-5-11-19(13-16)12-14-6-2-1-3-7-14/h1-3,6-7,15-16H,4-5,8-13H2,(H,18,20)/t16-/m0/s1. The number of nitrogens with zero attached hydrogens (tertiary/aromatic N) is 1. The van der Waals surface area contributed by atoms with Crippen molar-refractivity contribution in [1.29, 1.82) is 0 Å². The first-order chi connectivity index (χ1) is 9.81. The van der Waals surface area contributed by atoms with Crippen molar-refractivity contribution in [2.45, 2.75) is 44.7 Å². The maximum absolute atomic E-state index is 12.0. The third-order valence-electron chi connectivity index (χ3n) is 4.58. The van der Waals surface area contributed by atoms with Gasteiger partial charge in [-0.3, -0.25) is 9.69 Å². The SMILES string of the molecule is O=C(N[C@H]1CCCN(Cc2ccccc2)C1)C1CCC1. The lowest BCUT2D eigenvalue weighted by Crippen LogP contribution is -2.49. The lowest BCUT2D eigenvalue weighted by atomic mass is 9.84. The molecule has 0 spiro atoms. The summed E-state index contributed by atoms with van der Waals surface area (Å²) in [5.41, 5.74) is 1.36. The van der Waals surface area contributed by atoms with E-state index in [2.05, 4.69) is 40.5 Å². The van der Waals surface area contributed by atoms with Crippen molar-refractivity contribution in [2.24, 2.45) is 5.92 Å². The van der Waals surface area contributed by atoms with E-state index in [-0.39, 0.29) is 0 Å². The highest BCUT2D eigenvalue weighted by atomic mass is 16.2. The van der Waals surface area contributed by atoms with Crippen LogP contribution >= 0.6 is 0 Å². The molecule has 1 aromatic carbocycles. The van der Waals surface area contributed by atoms with Gasteiger partial charge < -0.3 is 5.32 Å². The average Bonchev–Trinajstić information content (AvgIpc) is 2.38. The summed E-state index contributed by atoms with van der Waals surface area (Å²) < 4.78 is 0. The van der Waals surface area contributed by atoms with Gasteiger partial charge >= 0.3 is 0 Å². The van der Waals surface area contributed by atoms with Crippen LogP contribution in [0.5, 0.6) is 0 Å². The second kappa shape index (κ2) is 6.40. The smallest absolute Gasteiger partial charge is 0.223 e. The van der Waals surface area contributed by atoms with Gasteiger partial charge in [0.1, 0.15) is 0 Å². The summed E-state index contributed by atoms with van der Waals surface area (Å²) in [5.74, 6) is 0.599. The first kappa shape index (κ1) is 13.6. The maximum Gasteiger partial charge on any atom is 0.223 e. The Hall–Kier alpha value is -1.35. The summed E-state index contributed by atoms with van der Waals surface area (Å²) in [4.78, 5) is 14.5. The summed E-state index contributed by atoms with van der Waals surface area (Å²) in [6.07, 6.45) is 5.72. The number of amides is 1. The molecule has 1 heterocycles. The fraction of sp³-hybridized carbons (Fsp3) is 0.588. The van der Waals surface area contributed by atoms with Gasteiger partial charge in [-0.15, -0.1) is 0 Å². The minimum atomic E-state index is 0.294. The predicted octanol–water partition coefficient (Wildman–Crippen LogP) is 2.57. The largest absolute Gasteiger partial charge is 0.352 e. The van der Waals surface area contributed by atoms with Crippen LogP contribution in [0.15, 0.2) is 30.3 Å². The fourth-order valence-electron chi connectivity index (χ4n) is 3.15. The molecular weight excluding hydrogens is 248 g/mol. The monoisotopic (exact) mass is 272 g/mol. The molecule has 1 atom stereocenters. The summed E-state index contributed by atoms with van der Waals surface area (Å²) in [5, 5.41) is 3.26. The Labute approximate surface area is 121 Å². The summed E-state index contributed by atoms with van der Waals surface area (Å²) in [6, 6.07) is 10.9. The number of hydrogen-bond donors (Lipinski definition) is 1. The molecular formula is C17H24N2O. The molecule has 3 rings (SSSR count). The normalized spacial score (nSPS) is 24.1. The summed E-state index contributed by atoms with van der Waals surface area (Å²) in [7, 11) is 0. The van der Waals surface area contributed by atoms with Crippen LogP contribution in [0.1, 0.15) is 37.7 Å². The molecule has 1 saturated heterocycles. The lowest BCUT2D eigenvalue weighted by molar-refractivity contribution is -0.128. The Morgan fingerprint density at radius 2 is 1.95 bits per heavy atom. The second-order valence-corrected chi connectivity index (χ2v) is 6.20. The van der Waals surface area contributed by atoms with Crippen LogP contribution < -0.4 is 5.32 Å². The summed E-state index contributed by atoms with van der Waals surface area (Å²) in [6.45, 7) is 3.13. The zero-order valence-corrected chi connectivity index (χ0v) is 12.1. The van der Waals surface area contributed by atoms with Gasteiger partial charge in [-0.2, -0.15) is 0 Å². The van der Waals surface area contributed by atoms with E-state index in [9.17, 15) is 4.79 Å². The highest BCUT2D eigenvalue weighted by Gasteiger charge is 2.28. The quantitative estimate of drug-likeness (QED) is 0.913. The lowest BCUT2D eigenvalue weighted by Gasteiger charge is -2.35. The zero-order valence-electron chi connectivity index (χ0n) is 12.1. The number of carbonyl (C=O) groups excluding carboxylic acids is 1. The molecule has 0 aromatic heterocycles. The molecule has 20 heavy (non-hydrogen) atoms. The number of hydrogen-bond acceptors (Lipinski definition) is 2. The van der Waals surface area contributed by atoms with E-state index in [1.54, 1.807) is 0 Å². The van der Waals surface area contributed by atoms with Gasteiger partial charge in [-0.05, 0) is 37.8 Å². The minimum Gasteiger partial charge on any atom is -0.352 e. The zero-order chi connectivity index (χ0) is 13.8. The highest BCUT2D eigenvalue weighted by Crippen LogP contribution is 2.26. The molecule has 1 N–H and O–H groups in total. The van der Waals surface area contributed by atoms with Crippen LogP contribution in [-0.4, -0.2) is 29.9 Å². The molecule has 1 saturated carbocycles. The van der Waals surface area contributed by atoms with Crippen molar-refractivity contribution in [3.05, 3.63) is 35.9 Å². The average molecular weight is 272 g/mol. The third kappa shape index (κ3) is 3.40. The molecule has 1 aromatic rings. The molecule has 0 radical (unpaired) electrons. The van der Waals surface area contributed by atoms with Crippen molar-refractivity contribution in [3.63, 3.8) is 0 Å². The third-order valence-corrected chi connectivity index (χ3v) is 4.58. The van der Waals surface area contributed by atoms with Crippen LogP contribution in [-0.2, 0) is 11.3 Å². The van der Waals surface area contributed by atoms with Crippen molar-refractivity contribution >= 4 is 5.91 Å². The molecule has 2 fully saturated rings. The Bertz CT molecular complexity index is 442. The molecule has 0 unspecified atom stereocenters. The van der Waals surface area contributed by atoms with Gasteiger partial charge in [-0.25, -0.2) is 0 Å². The van der Waals surface area contributed by atoms with Crippen LogP contribution in [0.4, 0.5) is 0 Å². The van der Waals surface area contributed by atoms with Crippen LogP contribution in [0.3, 0.4) is 0 Å². The predicted molar refractivity (Wildman–Crippen MR) is 80.2 cm³/mol. The first-order valence-corrected chi connectivity index (χ1v) is 7.88. The van der Waals surface area contributed by atoms with Gasteiger partial charge in [0, 0.05) is 25.0 Å². The first-order valence-electron chi connectivity index (χ1n) is 7.88. The van der Waals surface area contributed by atoms with E-state index >= 15 is 0 Å². The van der Waals surface area contributed by atoms with E-state index in [4.69, 9.17) is 0 Å². The van der Waals surface area contributed by atoms with Gasteiger partial charge in [-0.1, -0.05) is 36.8 Å². The van der Waals surface area contributed by atoms with Gasteiger partial charge in [0.25, 0.3) is 0 Å². The van der Waals surface area contributed by atoms with E-state index in [1.165, 1.54) is 18.4 Å². The molecule has 2 aliphatic rings. The fourth-order valence-corrected chi connectivity index (χ4v) is 3.15. The molecule has 1 aliphatic heterocycles. The van der Waals surface area contributed by atoms with Crippen LogP contribution in [0.25, 0.3) is 0 Å². The molecule has 1 amide bonds. The maximum atomic E-state index is 12.0. The number of benzene rings is 1. The number of rotatable bonds is 4. The van der Waals surface area contributed by atoms with E-state index in [0.717, 1.165) is 38.9 Å². The molecule has 108 valence electrons. The molecule has 0 bridgehead atoms. The number of carbonyl (C=O) groups is 1. The number of nitrogens with one attached hydrogen (secondary N) is 1. The number of piperidine rings is 1. The topological polar surface area (TPSA) is 32.3 Å². The van der Waals surface area contributed by atoms with Gasteiger partial charge in [0.05, 0.1) is 0 Å². The second-order valence-electron chi connectivity index (χ2n) is 6.20. The van der Waals surface area contributed by atoms with E-state index in [0.29, 0.717) is 17.9 Å². The molecule has 3 heteroatoms. The molecule has 1 aliphatic carbocycles. The van der Waals surface area contributed by atoms with E-state index in [1.807, 2.05) is 0 Å². The van der Waals surface area contributed by atoms with Crippen molar-refractivity contribution in [3.8, 4) is 0 Å². The Balaban J connectivity index is 1.49. The van der Waals surface area contributed by atoms with E-state index < -0.39 is 0 Å². The number of likely N-dealkylation sites (tertiary alicyclic amines) is 1. The van der Waals surface area contributed by atoms with Gasteiger partial charge in [0.15, 0.2) is 0 Å². The van der Waals surface area contributed by atoms with Crippen LogP contribution in [0.2, 0.25) is 0 Å². The van der Waals surface area contributed by atoms with Gasteiger partial charge in [0.2, 0.25) is 5.91 Å². The summed E-state index contributed by atoms with van der Waals surface area (Å²) >= 11 is 0. The van der Waals surface area contributed by atoms with Crippen LogP contribution in [0, 0.1) is 5.92 Å².